The Hall–Kier alpha value is -0.210. The van der Waals surface area contributed by atoms with E-state index >= 15 is 0 Å². The van der Waals surface area contributed by atoms with Gasteiger partial charge in [0.15, 0.2) is 0 Å². The number of nitrogens with zero attached hydrogens (tertiary/aromatic N) is 1. The van der Waals surface area contributed by atoms with Crippen LogP contribution in [0.5, 0.6) is 0 Å². The Balaban J connectivity index is 2.93. The number of hydrogen-bond donors (Lipinski definition) is 0. The predicted octanol–water partition coefficient (Wildman–Crippen LogP) is 3.00. The highest BCUT2D eigenvalue weighted by Gasteiger charge is 1.90. The Morgan fingerprint density at radius 1 is 1.30 bits per heavy atom. The molecule has 0 aliphatic heterocycles. The number of benzene rings is 1. The third-order valence-corrected chi connectivity index (χ3v) is 3.05. The summed E-state index contributed by atoms with van der Waals surface area (Å²) in [6.07, 6.45) is 0. The highest BCUT2D eigenvalue weighted by molar-refractivity contribution is 14.2. The quantitative estimate of drug-likeness (QED) is 0.725. The molecule has 0 aliphatic rings. The Kier molecular flexibility index (Phi) is 3.03. The first kappa shape index (κ1) is 7.89. The molecule has 1 aromatic rings. The van der Waals surface area contributed by atoms with Crippen LogP contribution < -0.4 is 0 Å². The fourth-order valence-corrected chi connectivity index (χ4v) is 1.70. The lowest BCUT2D eigenvalue weighted by atomic mass is 10.2. The van der Waals surface area contributed by atoms with Crippen molar-refractivity contribution < 1.29 is 0 Å². The maximum absolute atomic E-state index is 8.44. The molecule has 0 fully saturated rings. The summed E-state index contributed by atoms with van der Waals surface area (Å²) in [6.45, 7) is 0. The van der Waals surface area contributed by atoms with Crippen molar-refractivity contribution in [2.45, 2.75) is 4.90 Å². The summed E-state index contributed by atoms with van der Waals surface area (Å²) in [4.78, 5) is 1.18. The van der Waals surface area contributed by atoms with Gasteiger partial charge in [0.05, 0.1) is 11.6 Å². The molecule has 0 heterocycles. The number of hydrogen-bond acceptors (Lipinski definition) is 2. The van der Waals surface area contributed by atoms with Crippen LogP contribution in [0.3, 0.4) is 0 Å². The van der Waals surface area contributed by atoms with Gasteiger partial charge in [0.25, 0.3) is 0 Å². The molecule has 1 nitrogen and oxygen atoms in total. The van der Waals surface area contributed by atoms with Crippen molar-refractivity contribution in [3.05, 3.63) is 29.8 Å². The largest absolute Gasteiger partial charge is 0.192 e. The molecule has 0 aliphatic carbocycles. The zero-order valence-electron chi connectivity index (χ0n) is 5.04. The fraction of sp³-hybridized carbons (Fsp3) is 0. The smallest absolute Gasteiger partial charge is 0.0991 e. The predicted molar refractivity (Wildman–Crippen MR) is 51.0 cm³/mol. The van der Waals surface area contributed by atoms with Gasteiger partial charge in [0.2, 0.25) is 0 Å². The minimum atomic E-state index is 0.717. The van der Waals surface area contributed by atoms with Crippen molar-refractivity contribution in [3.63, 3.8) is 0 Å². The molecule has 0 radical (unpaired) electrons. The molecule has 1 aromatic carbocycles. The lowest BCUT2D eigenvalue weighted by molar-refractivity contribution is 1.42. The molecule has 0 unspecified atom stereocenters. The highest BCUT2D eigenvalue weighted by atomic mass is 127. The molecular weight excluding hydrogens is 257 g/mol. The Bertz CT molecular complexity index is 249. The third-order valence-electron chi connectivity index (χ3n) is 1.07. The average molecular weight is 261 g/mol. The van der Waals surface area contributed by atoms with Crippen LogP contribution in [-0.4, -0.2) is 0 Å². The van der Waals surface area contributed by atoms with Crippen molar-refractivity contribution in [1.82, 2.24) is 0 Å². The highest BCUT2D eigenvalue weighted by Crippen LogP contribution is 2.24. The Morgan fingerprint density at radius 3 is 2.30 bits per heavy atom. The molecule has 0 saturated carbocycles. The van der Waals surface area contributed by atoms with E-state index in [1.54, 1.807) is 8.93 Å². The summed E-state index contributed by atoms with van der Waals surface area (Å²) in [7, 11) is 1.65. The summed E-state index contributed by atoms with van der Waals surface area (Å²) in [5.41, 5.74) is 0.717. The maximum atomic E-state index is 8.44. The molecule has 0 amide bonds. The van der Waals surface area contributed by atoms with E-state index in [2.05, 4.69) is 27.3 Å². The molecule has 10 heavy (non-hydrogen) atoms. The van der Waals surface area contributed by atoms with Crippen LogP contribution in [-0.2, 0) is 0 Å². The fourth-order valence-electron chi connectivity index (χ4n) is 0.581. The second kappa shape index (κ2) is 3.84. The van der Waals surface area contributed by atoms with Gasteiger partial charge in [-0.15, -0.1) is 0 Å². The van der Waals surface area contributed by atoms with E-state index in [1.165, 1.54) is 4.90 Å². The molecule has 0 spiro atoms. The Labute approximate surface area is 76.0 Å². The van der Waals surface area contributed by atoms with Crippen LogP contribution in [0.25, 0.3) is 0 Å². The van der Waals surface area contributed by atoms with Crippen LogP contribution in [0.15, 0.2) is 29.2 Å². The minimum absolute atomic E-state index is 0.717. The molecule has 0 saturated heterocycles. The summed E-state index contributed by atoms with van der Waals surface area (Å²) in [5.74, 6) is 0. The third kappa shape index (κ3) is 1.89. The average Bonchev–Trinajstić information content (AvgIpc) is 2.05. The summed E-state index contributed by atoms with van der Waals surface area (Å²) >= 11 is 2.21. The molecule has 3 heteroatoms. The van der Waals surface area contributed by atoms with Gasteiger partial charge in [-0.2, -0.15) is 5.26 Å². The lowest BCUT2D eigenvalue weighted by Gasteiger charge is -1.91. The van der Waals surface area contributed by atoms with Gasteiger partial charge in [-0.25, -0.2) is 0 Å². The first-order valence-corrected chi connectivity index (χ1v) is 6.01. The topological polar surface area (TPSA) is 23.8 Å². The van der Waals surface area contributed by atoms with Gasteiger partial charge in [0.1, 0.15) is 0 Å². The second-order valence-electron chi connectivity index (χ2n) is 1.71. The van der Waals surface area contributed by atoms with Gasteiger partial charge in [-0.05, 0) is 24.3 Å². The summed E-state index contributed by atoms with van der Waals surface area (Å²) in [5, 5.41) is 8.44. The van der Waals surface area contributed by atoms with Crippen molar-refractivity contribution in [3.8, 4) is 6.07 Å². The van der Waals surface area contributed by atoms with Crippen LogP contribution in [0.4, 0.5) is 0 Å². The van der Waals surface area contributed by atoms with Gasteiger partial charge in [-0.1, -0.05) is 8.93 Å². The molecule has 1 rings (SSSR count). The van der Waals surface area contributed by atoms with E-state index in [0.717, 1.165) is 0 Å². The second-order valence-corrected chi connectivity index (χ2v) is 3.66. The zero-order valence-corrected chi connectivity index (χ0v) is 8.02. The molecular formula is C7H4INS. The summed E-state index contributed by atoms with van der Waals surface area (Å²) < 4.78 is 0. The number of nitriles is 1. The van der Waals surface area contributed by atoms with Gasteiger partial charge in [0, 0.05) is 26.1 Å². The molecule has 0 bridgehead atoms. The van der Waals surface area contributed by atoms with E-state index in [0.29, 0.717) is 5.56 Å². The molecule has 50 valence electrons. The van der Waals surface area contributed by atoms with Crippen LogP contribution in [0.1, 0.15) is 5.56 Å². The van der Waals surface area contributed by atoms with E-state index in [-0.39, 0.29) is 0 Å². The minimum Gasteiger partial charge on any atom is -0.192 e. The van der Waals surface area contributed by atoms with Crippen LogP contribution >= 0.6 is 30.1 Å². The van der Waals surface area contributed by atoms with Crippen LogP contribution in [0.2, 0.25) is 0 Å². The van der Waals surface area contributed by atoms with Crippen molar-refractivity contribution >= 4 is 30.1 Å². The lowest BCUT2D eigenvalue weighted by Crippen LogP contribution is -1.71. The van der Waals surface area contributed by atoms with E-state index in [1.807, 2.05) is 24.3 Å². The maximum Gasteiger partial charge on any atom is 0.0991 e. The number of halogens is 1. The summed E-state index contributed by atoms with van der Waals surface area (Å²) in [6, 6.07) is 9.59. The van der Waals surface area contributed by atoms with E-state index in [9.17, 15) is 0 Å². The number of rotatable bonds is 1. The first-order chi connectivity index (χ1) is 4.86. The van der Waals surface area contributed by atoms with Gasteiger partial charge >= 0.3 is 0 Å². The standard InChI is InChI=1S/C7H4INS/c8-10-7-3-1-6(5-9)2-4-7/h1-4H. The van der Waals surface area contributed by atoms with Crippen LogP contribution in [0, 0.1) is 11.3 Å². The van der Waals surface area contributed by atoms with Gasteiger partial charge in [-0.3, -0.25) is 0 Å². The first-order valence-electron chi connectivity index (χ1n) is 2.65. The normalized spacial score (nSPS) is 8.80. The van der Waals surface area contributed by atoms with Crippen molar-refractivity contribution in [2.24, 2.45) is 0 Å². The SMILES string of the molecule is N#Cc1ccc(SI)cc1. The monoisotopic (exact) mass is 261 g/mol. The Morgan fingerprint density at radius 2 is 1.90 bits per heavy atom. The van der Waals surface area contributed by atoms with Gasteiger partial charge < -0.3 is 0 Å². The van der Waals surface area contributed by atoms with E-state index < -0.39 is 0 Å². The van der Waals surface area contributed by atoms with Crippen molar-refractivity contribution in [2.75, 3.05) is 0 Å². The molecule has 0 atom stereocenters. The molecule has 0 N–H and O–H groups in total. The zero-order chi connectivity index (χ0) is 7.40. The van der Waals surface area contributed by atoms with Crippen molar-refractivity contribution in [1.29, 1.82) is 5.26 Å². The molecule has 0 aromatic heterocycles. The van der Waals surface area contributed by atoms with E-state index in [4.69, 9.17) is 5.26 Å².